The molecule has 0 spiro atoms. The summed E-state index contributed by atoms with van der Waals surface area (Å²) in [5.74, 6) is -0.218. The number of rotatable bonds is 4. The van der Waals surface area contributed by atoms with E-state index in [-0.39, 0.29) is 18.5 Å². The fourth-order valence-corrected chi connectivity index (χ4v) is 1.95. The van der Waals surface area contributed by atoms with Crippen LogP contribution in [-0.2, 0) is 4.79 Å². The summed E-state index contributed by atoms with van der Waals surface area (Å²) in [5.41, 5.74) is 0.886. The monoisotopic (exact) mass is 309 g/mol. The number of hydrogen-bond donors (Lipinski definition) is 0. The van der Waals surface area contributed by atoms with Crippen LogP contribution < -0.4 is 0 Å². The van der Waals surface area contributed by atoms with E-state index in [1.165, 1.54) is 9.91 Å². The van der Waals surface area contributed by atoms with E-state index >= 15 is 0 Å². The van der Waals surface area contributed by atoms with Gasteiger partial charge in [-0.05, 0) is 5.56 Å². The summed E-state index contributed by atoms with van der Waals surface area (Å²) in [5, 5.41) is 5.79. The second-order valence-corrected chi connectivity index (χ2v) is 4.52. The first-order valence-electron chi connectivity index (χ1n) is 5.49. The molecule has 1 saturated heterocycles. The van der Waals surface area contributed by atoms with Gasteiger partial charge < -0.3 is 0 Å². The second-order valence-electron chi connectivity index (χ2n) is 3.73. The number of imide groups is 1. The molecule has 0 N–H and O–H groups in total. The maximum absolute atomic E-state index is 11.8. The van der Waals surface area contributed by atoms with Gasteiger partial charge in [-0.1, -0.05) is 46.3 Å². The third-order valence-corrected chi connectivity index (χ3v) is 2.85. The smallest absolute Gasteiger partial charge is 0.272 e. The average Bonchev–Trinajstić information content (AvgIpc) is 2.66. The average molecular weight is 310 g/mol. The van der Waals surface area contributed by atoms with Gasteiger partial charge in [0.2, 0.25) is 0 Å². The Hall–Kier alpha value is -1.69. The maximum atomic E-state index is 11.8. The first-order chi connectivity index (χ1) is 8.72. The van der Waals surface area contributed by atoms with Crippen molar-refractivity contribution in [3.05, 3.63) is 35.9 Å². The Morgan fingerprint density at radius 2 is 2.00 bits per heavy atom. The highest BCUT2D eigenvalue weighted by Crippen LogP contribution is 2.11. The molecule has 0 radical (unpaired) electrons. The Balaban J connectivity index is 2.05. The van der Waals surface area contributed by atoms with Gasteiger partial charge in [0, 0.05) is 11.9 Å². The third kappa shape index (κ3) is 2.76. The number of hydrogen-bond acceptors (Lipinski definition) is 3. The van der Waals surface area contributed by atoms with Crippen LogP contribution in [0.4, 0.5) is 4.79 Å². The van der Waals surface area contributed by atoms with Gasteiger partial charge in [0.1, 0.15) is 6.54 Å². The van der Waals surface area contributed by atoms with Crippen LogP contribution in [-0.4, -0.2) is 46.5 Å². The predicted molar refractivity (Wildman–Crippen MR) is 71.6 cm³/mol. The molecule has 0 bridgehead atoms. The fourth-order valence-electron chi connectivity index (χ4n) is 1.60. The molecule has 0 aliphatic carbocycles. The Bertz CT molecular complexity index is 475. The number of urea groups is 1. The van der Waals surface area contributed by atoms with Gasteiger partial charge in [-0.25, -0.2) is 9.80 Å². The van der Waals surface area contributed by atoms with Crippen molar-refractivity contribution >= 4 is 34.1 Å². The molecular weight excluding hydrogens is 298 g/mol. The molecule has 1 aromatic rings. The molecule has 3 amide bonds. The zero-order valence-electron chi connectivity index (χ0n) is 9.62. The first kappa shape index (κ1) is 12.8. The minimum atomic E-state index is -0.369. The molecule has 2 rings (SSSR count). The van der Waals surface area contributed by atoms with Crippen molar-refractivity contribution in [3.8, 4) is 0 Å². The van der Waals surface area contributed by atoms with E-state index < -0.39 is 0 Å². The summed E-state index contributed by atoms with van der Waals surface area (Å²) in [4.78, 5) is 24.6. The molecule has 0 aromatic heterocycles. The molecule has 0 saturated carbocycles. The molecule has 5 nitrogen and oxygen atoms in total. The van der Waals surface area contributed by atoms with E-state index in [4.69, 9.17) is 0 Å². The highest BCUT2D eigenvalue weighted by atomic mass is 79.9. The van der Waals surface area contributed by atoms with Crippen molar-refractivity contribution in [2.45, 2.75) is 0 Å². The Morgan fingerprint density at radius 3 is 2.67 bits per heavy atom. The maximum Gasteiger partial charge on any atom is 0.347 e. The van der Waals surface area contributed by atoms with Gasteiger partial charge in [0.15, 0.2) is 0 Å². The third-order valence-electron chi connectivity index (χ3n) is 2.49. The van der Waals surface area contributed by atoms with E-state index in [1.807, 2.05) is 30.3 Å². The van der Waals surface area contributed by atoms with Crippen LogP contribution in [0.3, 0.4) is 0 Å². The van der Waals surface area contributed by atoms with Crippen LogP contribution in [0.1, 0.15) is 5.56 Å². The van der Waals surface area contributed by atoms with Crippen LogP contribution >= 0.6 is 15.9 Å². The lowest BCUT2D eigenvalue weighted by Crippen LogP contribution is -2.32. The zero-order chi connectivity index (χ0) is 13.0. The van der Waals surface area contributed by atoms with Gasteiger partial charge >= 0.3 is 6.03 Å². The standard InChI is InChI=1S/C12H12BrN3O2/c13-6-7-15-11(17)9-16(12(15)18)14-8-10-4-2-1-3-5-10/h1-5,8H,6-7,9H2. The largest absolute Gasteiger partial charge is 0.347 e. The summed E-state index contributed by atoms with van der Waals surface area (Å²) >= 11 is 3.21. The van der Waals surface area contributed by atoms with E-state index in [1.54, 1.807) is 6.21 Å². The fraction of sp³-hybridized carbons (Fsp3) is 0.250. The molecular formula is C12H12BrN3O2. The van der Waals surface area contributed by atoms with Crippen molar-refractivity contribution < 1.29 is 9.59 Å². The van der Waals surface area contributed by atoms with Gasteiger partial charge in [0.05, 0.1) is 6.21 Å². The molecule has 94 valence electrons. The van der Waals surface area contributed by atoms with Crippen molar-refractivity contribution in [1.82, 2.24) is 9.91 Å². The number of halogens is 1. The Morgan fingerprint density at radius 1 is 1.28 bits per heavy atom. The van der Waals surface area contributed by atoms with Crippen LogP contribution in [0.25, 0.3) is 0 Å². The normalized spacial score (nSPS) is 16.1. The summed E-state index contributed by atoms with van der Waals surface area (Å²) in [7, 11) is 0. The molecule has 18 heavy (non-hydrogen) atoms. The van der Waals surface area contributed by atoms with Crippen molar-refractivity contribution in [1.29, 1.82) is 0 Å². The number of hydrazone groups is 1. The summed E-state index contributed by atoms with van der Waals surface area (Å²) in [6, 6.07) is 9.06. The lowest BCUT2D eigenvalue weighted by molar-refractivity contribution is -0.125. The van der Waals surface area contributed by atoms with Crippen LogP contribution in [0.5, 0.6) is 0 Å². The lowest BCUT2D eigenvalue weighted by atomic mass is 10.2. The number of benzene rings is 1. The number of nitrogens with zero attached hydrogens (tertiary/aromatic N) is 3. The van der Waals surface area contributed by atoms with Crippen molar-refractivity contribution in [2.75, 3.05) is 18.4 Å². The Kier molecular flexibility index (Phi) is 4.09. The second kappa shape index (κ2) is 5.77. The van der Waals surface area contributed by atoms with E-state index in [0.29, 0.717) is 11.9 Å². The van der Waals surface area contributed by atoms with Gasteiger partial charge in [0.25, 0.3) is 5.91 Å². The Labute approximate surface area is 113 Å². The van der Waals surface area contributed by atoms with Gasteiger partial charge in [-0.3, -0.25) is 9.69 Å². The van der Waals surface area contributed by atoms with Crippen molar-refractivity contribution in [2.24, 2.45) is 5.10 Å². The van der Waals surface area contributed by atoms with Crippen molar-refractivity contribution in [3.63, 3.8) is 0 Å². The quantitative estimate of drug-likeness (QED) is 0.483. The molecule has 6 heteroatoms. The first-order valence-corrected chi connectivity index (χ1v) is 6.61. The molecule has 1 fully saturated rings. The molecule has 1 aliphatic rings. The molecule has 0 atom stereocenters. The highest BCUT2D eigenvalue weighted by molar-refractivity contribution is 9.09. The van der Waals surface area contributed by atoms with Crippen LogP contribution in [0, 0.1) is 0 Å². The van der Waals surface area contributed by atoms with Gasteiger partial charge in [-0.15, -0.1) is 0 Å². The molecule has 1 aliphatic heterocycles. The number of carbonyl (C=O) groups is 2. The number of amides is 3. The van der Waals surface area contributed by atoms with E-state index in [2.05, 4.69) is 21.0 Å². The summed E-state index contributed by atoms with van der Waals surface area (Å²) in [6.07, 6.45) is 1.57. The highest BCUT2D eigenvalue weighted by Gasteiger charge is 2.35. The summed E-state index contributed by atoms with van der Waals surface area (Å²) in [6.45, 7) is 0.379. The molecule has 0 unspecified atom stereocenters. The van der Waals surface area contributed by atoms with Crippen LogP contribution in [0.2, 0.25) is 0 Å². The minimum Gasteiger partial charge on any atom is -0.272 e. The SMILES string of the molecule is O=C1CN(N=Cc2ccccc2)C(=O)N1CCBr. The zero-order valence-corrected chi connectivity index (χ0v) is 11.2. The van der Waals surface area contributed by atoms with Crippen LogP contribution in [0.15, 0.2) is 35.4 Å². The molecule has 1 heterocycles. The van der Waals surface area contributed by atoms with E-state index in [0.717, 1.165) is 5.56 Å². The molecule has 1 aromatic carbocycles. The number of carbonyl (C=O) groups excluding carboxylic acids is 2. The topological polar surface area (TPSA) is 53.0 Å². The predicted octanol–water partition coefficient (Wildman–Crippen LogP) is 1.68. The van der Waals surface area contributed by atoms with E-state index in [9.17, 15) is 9.59 Å². The lowest BCUT2D eigenvalue weighted by Gasteiger charge is -2.11. The summed E-state index contributed by atoms with van der Waals surface area (Å²) < 4.78 is 0. The van der Waals surface area contributed by atoms with Gasteiger partial charge in [-0.2, -0.15) is 5.10 Å². The minimum absolute atomic E-state index is 0.00909. The number of alkyl halides is 1.